The van der Waals surface area contributed by atoms with E-state index >= 15 is 0 Å². The van der Waals surface area contributed by atoms with Crippen molar-refractivity contribution in [2.45, 2.75) is 0 Å². The first kappa shape index (κ1) is 9.03. The zero-order chi connectivity index (χ0) is 9.97. The Morgan fingerprint density at radius 3 is 2.79 bits per heavy atom. The van der Waals surface area contributed by atoms with E-state index in [4.69, 9.17) is 17.3 Å². The van der Waals surface area contributed by atoms with Gasteiger partial charge in [-0.15, -0.1) is 0 Å². The van der Waals surface area contributed by atoms with Gasteiger partial charge >= 0.3 is 0 Å². The van der Waals surface area contributed by atoms with Crippen LogP contribution in [-0.4, -0.2) is 4.98 Å². The highest BCUT2D eigenvalue weighted by molar-refractivity contribution is 6.33. The molecule has 0 amide bonds. The number of nitrogens with two attached hydrogens (primary N) is 1. The van der Waals surface area contributed by atoms with Gasteiger partial charge in [-0.3, -0.25) is 0 Å². The van der Waals surface area contributed by atoms with E-state index in [-0.39, 0.29) is 0 Å². The van der Waals surface area contributed by atoms with Crippen LogP contribution in [0.5, 0.6) is 0 Å². The molecule has 0 unspecified atom stereocenters. The van der Waals surface area contributed by atoms with Crippen molar-refractivity contribution in [2.24, 2.45) is 0 Å². The maximum atomic E-state index is 6.01. The van der Waals surface area contributed by atoms with Crippen molar-refractivity contribution in [2.75, 3.05) is 5.73 Å². The van der Waals surface area contributed by atoms with Crippen LogP contribution in [0.1, 0.15) is 0 Å². The number of anilines is 1. The molecule has 0 fully saturated rings. The van der Waals surface area contributed by atoms with E-state index in [1.54, 1.807) is 18.3 Å². The van der Waals surface area contributed by atoms with Gasteiger partial charge in [-0.05, 0) is 24.3 Å². The lowest BCUT2D eigenvalue weighted by atomic mass is 10.1. The Morgan fingerprint density at radius 2 is 2.14 bits per heavy atom. The minimum absolute atomic E-state index is 0.507. The van der Waals surface area contributed by atoms with Crippen LogP contribution in [0.2, 0.25) is 5.02 Å². The number of pyridine rings is 1. The van der Waals surface area contributed by atoms with Crippen LogP contribution < -0.4 is 5.73 Å². The SMILES string of the molecule is Nc1ccc(-c2cc[c]cc2Cl)cn1. The lowest BCUT2D eigenvalue weighted by Crippen LogP contribution is -1.89. The van der Waals surface area contributed by atoms with Crippen molar-refractivity contribution < 1.29 is 0 Å². The monoisotopic (exact) mass is 203 g/mol. The Hall–Kier alpha value is -1.54. The zero-order valence-corrected chi connectivity index (χ0v) is 8.12. The summed E-state index contributed by atoms with van der Waals surface area (Å²) >= 11 is 6.01. The number of hydrogen-bond acceptors (Lipinski definition) is 2. The van der Waals surface area contributed by atoms with E-state index < -0.39 is 0 Å². The van der Waals surface area contributed by atoms with E-state index in [1.807, 2.05) is 18.2 Å². The predicted octanol–water partition coefficient (Wildman–Crippen LogP) is 2.78. The fourth-order valence-corrected chi connectivity index (χ4v) is 1.44. The Labute approximate surface area is 87.4 Å². The van der Waals surface area contributed by atoms with E-state index in [9.17, 15) is 0 Å². The van der Waals surface area contributed by atoms with Gasteiger partial charge in [0.15, 0.2) is 0 Å². The molecule has 0 saturated heterocycles. The summed E-state index contributed by atoms with van der Waals surface area (Å²) in [5.74, 6) is 0.507. The van der Waals surface area contributed by atoms with Gasteiger partial charge in [-0.25, -0.2) is 4.98 Å². The van der Waals surface area contributed by atoms with Crippen LogP contribution in [0.15, 0.2) is 36.5 Å². The maximum absolute atomic E-state index is 6.01. The molecule has 0 aliphatic carbocycles. The van der Waals surface area contributed by atoms with Crippen LogP contribution in [0.4, 0.5) is 5.82 Å². The van der Waals surface area contributed by atoms with Gasteiger partial charge in [-0.1, -0.05) is 23.7 Å². The maximum Gasteiger partial charge on any atom is 0.123 e. The van der Waals surface area contributed by atoms with Crippen molar-refractivity contribution in [3.63, 3.8) is 0 Å². The second kappa shape index (κ2) is 3.68. The van der Waals surface area contributed by atoms with Crippen LogP contribution in [0.25, 0.3) is 11.1 Å². The summed E-state index contributed by atoms with van der Waals surface area (Å²) < 4.78 is 0. The van der Waals surface area contributed by atoms with Crippen LogP contribution in [0, 0.1) is 6.07 Å². The third-order valence-electron chi connectivity index (χ3n) is 1.91. The summed E-state index contributed by atoms with van der Waals surface area (Å²) in [5.41, 5.74) is 7.39. The Balaban J connectivity index is 2.50. The highest BCUT2D eigenvalue weighted by Gasteiger charge is 2.01. The highest BCUT2D eigenvalue weighted by atomic mass is 35.5. The summed E-state index contributed by atoms with van der Waals surface area (Å²) in [6.07, 6.45) is 1.70. The predicted molar refractivity (Wildman–Crippen MR) is 57.9 cm³/mol. The van der Waals surface area contributed by atoms with Crippen molar-refractivity contribution >= 4 is 17.4 Å². The van der Waals surface area contributed by atoms with Gasteiger partial charge in [0.2, 0.25) is 0 Å². The first-order chi connectivity index (χ1) is 6.77. The quantitative estimate of drug-likeness (QED) is 0.774. The highest BCUT2D eigenvalue weighted by Crippen LogP contribution is 2.26. The number of halogens is 1. The molecule has 0 spiro atoms. The first-order valence-electron chi connectivity index (χ1n) is 4.15. The minimum Gasteiger partial charge on any atom is -0.384 e. The molecule has 1 radical (unpaired) electrons. The summed E-state index contributed by atoms with van der Waals surface area (Å²) in [4.78, 5) is 4.01. The first-order valence-corrected chi connectivity index (χ1v) is 4.52. The second-order valence-corrected chi connectivity index (χ2v) is 3.28. The number of rotatable bonds is 1. The normalized spacial score (nSPS) is 10.1. The Morgan fingerprint density at radius 1 is 1.29 bits per heavy atom. The van der Waals surface area contributed by atoms with E-state index in [0.717, 1.165) is 11.1 Å². The lowest BCUT2D eigenvalue weighted by molar-refractivity contribution is 1.34. The van der Waals surface area contributed by atoms with Crippen molar-refractivity contribution in [1.82, 2.24) is 4.98 Å². The fourth-order valence-electron chi connectivity index (χ4n) is 1.21. The molecule has 0 saturated carbocycles. The molecule has 2 nitrogen and oxygen atoms in total. The molecular weight excluding hydrogens is 196 g/mol. The number of nitrogens with zero attached hydrogens (tertiary/aromatic N) is 1. The molecule has 2 rings (SSSR count). The molecule has 1 aromatic heterocycles. The van der Waals surface area contributed by atoms with Gasteiger partial charge in [0.05, 0.1) is 0 Å². The summed E-state index contributed by atoms with van der Waals surface area (Å²) in [7, 11) is 0. The van der Waals surface area contributed by atoms with Crippen LogP contribution in [0.3, 0.4) is 0 Å². The Kier molecular flexibility index (Phi) is 2.37. The summed E-state index contributed by atoms with van der Waals surface area (Å²) in [6, 6.07) is 12.0. The molecule has 0 atom stereocenters. The number of aromatic nitrogens is 1. The summed E-state index contributed by atoms with van der Waals surface area (Å²) in [5, 5.41) is 0.666. The van der Waals surface area contributed by atoms with E-state index in [0.29, 0.717) is 10.8 Å². The summed E-state index contributed by atoms with van der Waals surface area (Å²) in [6.45, 7) is 0. The van der Waals surface area contributed by atoms with Crippen molar-refractivity contribution in [3.8, 4) is 11.1 Å². The van der Waals surface area contributed by atoms with E-state index in [2.05, 4.69) is 11.1 Å². The molecule has 0 aliphatic heterocycles. The minimum atomic E-state index is 0.507. The molecule has 14 heavy (non-hydrogen) atoms. The lowest BCUT2D eigenvalue weighted by Gasteiger charge is -2.03. The molecule has 69 valence electrons. The van der Waals surface area contributed by atoms with Gasteiger partial charge in [0.25, 0.3) is 0 Å². The van der Waals surface area contributed by atoms with Crippen LogP contribution >= 0.6 is 11.6 Å². The van der Waals surface area contributed by atoms with Crippen molar-refractivity contribution in [1.29, 1.82) is 0 Å². The molecule has 1 heterocycles. The third kappa shape index (κ3) is 1.70. The number of benzene rings is 1. The molecule has 2 aromatic rings. The number of hydrogen-bond donors (Lipinski definition) is 1. The van der Waals surface area contributed by atoms with Gasteiger partial charge in [0, 0.05) is 22.3 Å². The topological polar surface area (TPSA) is 38.9 Å². The molecule has 0 bridgehead atoms. The Bertz CT molecular complexity index is 437. The van der Waals surface area contributed by atoms with Gasteiger partial charge < -0.3 is 5.73 Å². The second-order valence-electron chi connectivity index (χ2n) is 2.88. The van der Waals surface area contributed by atoms with Gasteiger partial charge in [0.1, 0.15) is 5.82 Å². The average Bonchev–Trinajstić information content (AvgIpc) is 2.20. The molecule has 2 N–H and O–H groups in total. The molecule has 1 aromatic carbocycles. The fraction of sp³-hybridized carbons (Fsp3) is 0. The van der Waals surface area contributed by atoms with E-state index in [1.165, 1.54) is 0 Å². The molecular formula is C11H8ClN2. The number of nitrogen functional groups attached to an aromatic ring is 1. The van der Waals surface area contributed by atoms with Crippen LogP contribution in [-0.2, 0) is 0 Å². The zero-order valence-electron chi connectivity index (χ0n) is 7.37. The van der Waals surface area contributed by atoms with Crippen molar-refractivity contribution in [3.05, 3.63) is 47.6 Å². The smallest absolute Gasteiger partial charge is 0.123 e. The molecule has 3 heteroatoms. The molecule has 0 aliphatic rings. The average molecular weight is 204 g/mol. The standard InChI is InChI=1S/C11H8ClN2/c12-10-4-2-1-3-9(10)8-5-6-11(13)14-7-8/h1,3-7H,(H2,13,14). The third-order valence-corrected chi connectivity index (χ3v) is 2.22. The largest absolute Gasteiger partial charge is 0.384 e. The van der Waals surface area contributed by atoms with Gasteiger partial charge in [-0.2, -0.15) is 0 Å².